The lowest BCUT2D eigenvalue weighted by molar-refractivity contribution is 1.18. The summed E-state index contributed by atoms with van der Waals surface area (Å²) in [5, 5.41) is 0. The number of nitrogens with two attached hydrogens (primary N) is 1. The minimum Gasteiger partial charge on any atom is -0.382 e. The largest absolute Gasteiger partial charge is 0.382 e. The third kappa shape index (κ3) is 1.84. The molecule has 2 rings (SSSR count). The quantitative estimate of drug-likeness (QED) is 0.822. The van der Waals surface area contributed by atoms with Gasteiger partial charge in [-0.05, 0) is 22.6 Å². The fourth-order valence-corrected chi connectivity index (χ4v) is 1.52. The van der Waals surface area contributed by atoms with E-state index in [1.807, 2.05) is 30.3 Å². The van der Waals surface area contributed by atoms with Crippen molar-refractivity contribution in [2.75, 3.05) is 5.73 Å². The fourth-order valence-electron chi connectivity index (χ4n) is 1.12. The first-order chi connectivity index (χ1) is 6.77. The van der Waals surface area contributed by atoms with Crippen molar-refractivity contribution in [1.29, 1.82) is 0 Å². The van der Waals surface area contributed by atoms with Crippen LogP contribution in [0.15, 0.2) is 36.5 Å². The summed E-state index contributed by atoms with van der Waals surface area (Å²) < 4.78 is 0.740. The van der Waals surface area contributed by atoms with Gasteiger partial charge in [0.05, 0.1) is 11.9 Å². The molecule has 70 valence electrons. The third-order valence-electron chi connectivity index (χ3n) is 1.83. The average Bonchev–Trinajstić information content (AvgIpc) is 2.23. The molecule has 3 nitrogen and oxygen atoms in total. The first-order valence-corrected chi connectivity index (χ1v) is 5.18. The minimum atomic E-state index is 0.477. The molecule has 0 aliphatic heterocycles. The number of nitrogen functional groups attached to an aromatic ring is 1. The molecule has 0 aliphatic carbocycles. The van der Waals surface area contributed by atoms with E-state index in [-0.39, 0.29) is 0 Å². The second-order valence-electron chi connectivity index (χ2n) is 2.80. The van der Waals surface area contributed by atoms with Crippen LogP contribution >= 0.6 is 22.6 Å². The number of halogens is 1. The van der Waals surface area contributed by atoms with Gasteiger partial charge in [-0.15, -0.1) is 0 Å². The van der Waals surface area contributed by atoms with Crippen molar-refractivity contribution in [2.45, 2.75) is 0 Å². The molecule has 0 unspecified atom stereocenters. The van der Waals surface area contributed by atoms with E-state index in [1.54, 1.807) is 6.20 Å². The molecule has 0 bridgehead atoms. The van der Waals surface area contributed by atoms with Crippen molar-refractivity contribution in [3.8, 4) is 11.3 Å². The number of hydrogen-bond acceptors (Lipinski definition) is 3. The van der Waals surface area contributed by atoms with Gasteiger partial charge in [-0.1, -0.05) is 30.3 Å². The topological polar surface area (TPSA) is 51.8 Å². The molecule has 1 aromatic carbocycles. The van der Waals surface area contributed by atoms with E-state index in [9.17, 15) is 0 Å². The lowest BCUT2D eigenvalue weighted by atomic mass is 10.2. The molecule has 0 spiro atoms. The van der Waals surface area contributed by atoms with Crippen LogP contribution in [-0.2, 0) is 0 Å². The Morgan fingerprint density at radius 2 is 1.86 bits per heavy atom. The maximum atomic E-state index is 5.59. The second-order valence-corrected chi connectivity index (χ2v) is 3.82. The van der Waals surface area contributed by atoms with Crippen molar-refractivity contribution in [2.24, 2.45) is 0 Å². The zero-order valence-corrected chi connectivity index (χ0v) is 9.47. The molecule has 1 aromatic heterocycles. The molecule has 4 heteroatoms. The van der Waals surface area contributed by atoms with Crippen LogP contribution < -0.4 is 5.73 Å². The van der Waals surface area contributed by atoms with E-state index in [0.29, 0.717) is 5.82 Å². The van der Waals surface area contributed by atoms with E-state index in [0.717, 1.165) is 15.0 Å². The predicted octanol–water partition coefficient (Wildman–Crippen LogP) is 2.33. The Morgan fingerprint density at radius 3 is 2.50 bits per heavy atom. The highest BCUT2D eigenvalue weighted by Crippen LogP contribution is 2.18. The molecule has 0 amide bonds. The lowest BCUT2D eigenvalue weighted by Crippen LogP contribution is -1.97. The highest BCUT2D eigenvalue weighted by Gasteiger charge is 2.02. The van der Waals surface area contributed by atoms with Crippen molar-refractivity contribution in [3.05, 3.63) is 40.2 Å². The second kappa shape index (κ2) is 3.91. The zero-order chi connectivity index (χ0) is 9.97. The predicted molar refractivity (Wildman–Crippen MR) is 64.6 cm³/mol. The van der Waals surface area contributed by atoms with Crippen molar-refractivity contribution in [3.63, 3.8) is 0 Å². The van der Waals surface area contributed by atoms with Gasteiger partial charge in [0.1, 0.15) is 3.70 Å². The highest BCUT2D eigenvalue weighted by molar-refractivity contribution is 14.1. The van der Waals surface area contributed by atoms with Gasteiger partial charge in [-0.3, -0.25) is 0 Å². The number of nitrogens with zero attached hydrogens (tertiary/aromatic N) is 2. The van der Waals surface area contributed by atoms with E-state index in [2.05, 4.69) is 32.6 Å². The number of hydrogen-bond donors (Lipinski definition) is 1. The number of anilines is 1. The third-order valence-corrected chi connectivity index (χ3v) is 2.62. The molecule has 14 heavy (non-hydrogen) atoms. The zero-order valence-electron chi connectivity index (χ0n) is 7.31. The Balaban J connectivity index is 2.48. The number of aromatic nitrogens is 2. The first kappa shape index (κ1) is 9.39. The van der Waals surface area contributed by atoms with Crippen molar-refractivity contribution in [1.82, 2.24) is 9.97 Å². The molecule has 0 fully saturated rings. The Morgan fingerprint density at radius 1 is 1.14 bits per heavy atom. The van der Waals surface area contributed by atoms with Crippen molar-refractivity contribution < 1.29 is 0 Å². The van der Waals surface area contributed by atoms with Crippen LogP contribution in [-0.4, -0.2) is 9.97 Å². The SMILES string of the molecule is Nc1ncc(-c2ccccc2)nc1I. The van der Waals surface area contributed by atoms with E-state index in [4.69, 9.17) is 5.73 Å². The van der Waals surface area contributed by atoms with Crippen LogP contribution in [0.2, 0.25) is 0 Å². The molecule has 0 radical (unpaired) electrons. The first-order valence-electron chi connectivity index (χ1n) is 4.11. The summed E-state index contributed by atoms with van der Waals surface area (Å²) >= 11 is 2.08. The Hall–Kier alpha value is -1.17. The highest BCUT2D eigenvalue weighted by atomic mass is 127. The van der Waals surface area contributed by atoms with Crippen molar-refractivity contribution >= 4 is 28.4 Å². The van der Waals surface area contributed by atoms with Crippen LogP contribution in [0, 0.1) is 3.70 Å². The van der Waals surface area contributed by atoms with Gasteiger partial charge in [-0.2, -0.15) is 0 Å². The number of rotatable bonds is 1. The molecule has 0 saturated carbocycles. The summed E-state index contributed by atoms with van der Waals surface area (Å²) in [4.78, 5) is 8.40. The molecule has 0 saturated heterocycles. The van der Waals surface area contributed by atoms with Gasteiger partial charge in [0.15, 0.2) is 5.82 Å². The Bertz CT molecular complexity index is 442. The summed E-state index contributed by atoms with van der Waals surface area (Å²) in [6.45, 7) is 0. The standard InChI is InChI=1S/C10H8IN3/c11-9-10(12)13-6-8(14-9)7-4-2-1-3-5-7/h1-6H,(H2,12,13). The van der Waals surface area contributed by atoms with Crippen LogP contribution in [0.25, 0.3) is 11.3 Å². The molecule has 0 aliphatic rings. The minimum absolute atomic E-state index is 0.477. The summed E-state index contributed by atoms with van der Waals surface area (Å²) in [7, 11) is 0. The molecule has 0 atom stereocenters. The summed E-state index contributed by atoms with van der Waals surface area (Å²) in [5.41, 5.74) is 7.49. The lowest BCUT2D eigenvalue weighted by Gasteiger charge is -2.01. The Labute approximate surface area is 95.5 Å². The van der Waals surface area contributed by atoms with E-state index >= 15 is 0 Å². The van der Waals surface area contributed by atoms with Gasteiger partial charge in [0.2, 0.25) is 0 Å². The fraction of sp³-hybridized carbons (Fsp3) is 0. The summed E-state index contributed by atoms with van der Waals surface area (Å²) in [6, 6.07) is 9.91. The van der Waals surface area contributed by atoms with Crippen LogP contribution in [0.4, 0.5) is 5.82 Å². The van der Waals surface area contributed by atoms with Gasteiger partial charge >= 0.3 is 0 Å². The molecular weight excluding hydrogens is 289 g/mol. The smallest absolute Gasteiger partial charge is 0.155 e. The Kier molecular flexibility index (Phi) is 2.62. The van der Waals surface area contributed by atoms with E-state index in [1.165, 1.54) is 0 Å². The normalized spacial score (nSPS) is 10.1. The molecule has 1 heterocycles. The van der Waals surface area contributed by atoms with Gasteiger partial charge in [0.25, 0.3) is 0 Å². The van der Waals surface area contributed by atoms with Crippen LogP contribution in [0.5, 0.6) is 0 Å². The van der Waals surface area contributed by atoms with E-state index < -0.39 is 0 Å². The summed E-state index contributed by atoms with van der Waals surface area (Å²) in [6.07, 6.45) is 1.69. The van der Waals surface area contributed by atoms with Gasteiger partial charge < -0.3 is 5.73 Å². The van der Waals surface area contributed by atoms with Gasteiger partial charge in [0, 0.05) is 5.56 Å². The number of benzene rings is 1. The monoisotopic (exact) mass is 297 g/mol. The maximum Gasteiger partial charge on any atom is 0.155 e. The molecular formula is C10H8IN3. The van der Waals surface area contributed by atoms with Gasteiger partial charge in [-0.25, -0.2) is 9.97 Å². The summed E-state index contributed by atoms with van der Waals surface area (Å²) in [5.74, 6) is 0.477. The maximum absolute atomic E-state index is 5.59. The molecule has 2 aromatic rings. The van der Waals surface area contributed by atoms with Crippen LogP contribution in [0.1, 0.15) is 0 Å². The molecule has 2 N–H and O–H groups in total. The van der Waals surface area contributed by atoms with Crippen LogP contribution in [0.3, 0.4) is 0 Å². The average molecular weight is 297 g/mol.